The quantitative estimate of drug-likeness (QED) is 0.476. The first-order valence-electron chi connectivity index (χ1n) is 9.34. The van der Waals surface area contributed by atoms with Crippen molar-refractivity contribution in [2.45, 2.75) is 23.3 Å². The van der Waals surface area contributed by atoms with Crippen LogP contribution >= 0.6 is 0 Å². The molecule has 0 saturated heterocycles. The van der Waals surface area contributed by atoms with Crippen LogP contribution in [0.3, 0.4) is 0 Å². The van der Waals surface area contributed by atoms with E-state index >= 15 is 0 Å². The number of hydrogen-bond donors (Lipinski definition) is 2. The Morgan fingerprint density at radius 2 is 1.37 bits per heavy atom. The summed E-state index contributed by atoms with van der Waals surface area (Å²) in [6.07, 6.45) is 0. The number of para-hydroxylation sites is 1. The van der Waals surface area contributed by atoms with Crippen molar-refractivity contribution in [1.82, 2.24) is 9.29 Å². The van der Waals surface area contributed by atoms with Crippen LogP contribution in [0.1, 0.15) is 6.92 Å². The number of nitrogens with zero attached hydrogens (tertiary/aromatic N) is 1. The number of benzene rings is 3. The summed E-state index contributed by atoms with van der Waals surface area (Å²) in [5.74, 6) is 0. The van der Waals surface area contributed by atoms with E-state index in [-0.39, 0.29) is 9.79 Å². The van der Waals surface area contributed by atoms with Gasteiger partial charge in [-0.15, -0.1) is 0 Å². The topological polar surface area (TPSA) is 97.3 Å². The third kappa shape index (κ3) is 3.45. The van der Waals surface area contributed by atoms with Crippen LogP contribution in [0, 0.1) is 0 Å². The summed E-state index contributed by atoms with van der Waals surface area (Å²) in [5, 5.41) is 2.01. The molecule has 0 bridgehead atoms. The van der Waals surface area contributed by atoms with Gasteiger partial charge in [0.05, 0.1) is 9.79 Å². The van der Waals surface area contributed by atoms with E-state index in [1.807, 2.05) is 36.4 Å². The third-order valence-electron chi connectivity index (χ3n) is 5.05. The van der Waals surface area contributed by atoms with Crippen LogP contribution in [-0.4, -0.2) is 28.5 Å². The predicted molar refractivity (Wildman–Crippen MR) is 119 cm³/mol. The van der Waals surface area contributed by atoms with Gasteiger partial charge in [-0.05, 0) is 62.5 Å². The first-order chi connectivity index (χ1) is 14.3. The maximum absolute atomic E-state index is 12.8. The number of hydrogen-bond acceptors (Lipinski definition) is 4. The summed E-state index contributed by atoms with van der Waals surface area (Å²) >= 11 is 0. The van der Waals surface area contributed by atoms with Crippen molar-refractivity contribution in [2.75, 3.05) is 11.8 Å². The molecule has 1 heterocycles. The van der Waals surface area contributed by atoms with Crippen LogP contribution in [0.25, 0.3) is 21.8 Å². The van der Waals surface area contributed by atoms with E-state index in [1.54, 1.807) is 6.07 Å². The lowest BCUT2D eigenvalue weighted by Gasteiger charge is -2.10. The van der Waals surface area contributed by atoms with Gasteiger partial charge in [-0.1, -0.05) is 18.2 Å². The average Bonchev–Trinajstić information content (AvgIpc) is 3.06. The van der Waals surface area contributed by atoms with Gasteiger partial charge in [-0.2, -0.15) is 0 Å². The fraction of sp³-hybridized carbons (Fsp3) is 0.143. The van der Waals surface area contributed by atoms with E-state index in [4.69, 9.17) is 0 Å². The van der Waals surface area contributed by atoms with Crippen LogP contribution in [0.4, 0.5) is 5.69 Å². The summed E-state index contributed by atoms with van der Waals surface area (Å²) in [4.78, 5) is -0.0219. The lowest BCUT2D eigenvalue weighted by Crippen LogP contribution is -2.19. The zero-order chi connectivity index (χ0) is 21.5. The Morgan fingerprint density at radius 3 is 2.00 bits per heavy atom. The summed E-state index contributed by atoms with van der Waals surface area (Å²) in [6.45, 7) is 2.87. The highest BCUT2D eigenvalue weighted by Crippen LogP contribution is 2.31. The molecule has 156 valence electrons. The van der Waals surface area contributed by atoms with E-state index < -0.39 is 20.0 Å². The molecule has 0 unspecified atom stereocenters. The molecule has 0 radical (unpaired) electrons. The Hall–Kier alpha value is -2.88. The first-order valence-corrected chi connectivity index (χ1v) is 12.3. The Balaban J connectivity index is 1.72. The van der Waals surface area contributed by atoms with Gasteiger partial charge in [0.1, 0.15) is 0 Å². The molecular formula is C21H21N3O4S2. The van der Waals surface area contributed by atoms with Gasteiger partial charge in [0, 0.05) is 34.0 Å². The first kappa shape index (κ1) is 20.4. The van der Waals surface area contributed by atoms with Gasteiger partial charge in [0.2, 0.25) is 10.0 Å². The lowest BCUT2D eigenvalue weighted by molar-refractivity contribution is 0.587. The molecule has 0 fully saturated rings. The molecule has 0 aliphatic rings. The number of anilines is 1. The largest absolute Gasteiger partial charge is 0.341 e. The molecule has 2 N–H and O–H groups in total. The lowest BCUT2D eigenvalue weighted by atomic mass is 10.1. The second kappa shape index (κ2) is 7.42. The molecule has 4 aromatic rings. The van der Waals surface area contributed by atoms with Crippen LogP contribution in [-0.2, 0) is 26.6 Å². The fourth-order valence-electron chi connectivity index (χ4n) is 3.59. The highest BCUT2D eigenvalue weighted by molar-refractivity contribution is 7.92. The average molecular weight is 444 g/mol. The third-order valence-corrected chi connectivity index (χ3v) is 7.88. The van der Waals surface area contributed by atoms with E-state index in [0.29, 0.717) is 5.69 Å². The minimum Gasteiger partial charge on any atom is -0.341 e. The van der Waals surface area contributed by atoms with Crippen molar-refractivity contribution in [2.24, 2.45) is 0 Å². The molecule has 9 heteroatoms. The predicted octanol–water partition coefficient (Wildman–Crippen LogP) is 3.52. The van der Waals surface area contributed by atoms with E-state index in [9.17, 15) is 16.8 Å². The molecule has 3 aromatic carbocycles. The Bertz CT molecular complexity index is 1460. The van der Waals surface area contributed by atoms with E-state index in [1.165, 1.54) is 31.3 Å². The molecule has 7 nitrogen and oxygen atoms in total. The maximum Gasteiger partial charge on any atom is 0.261 e. The van der Waals surface area contributed by atoms with E-state index in [0.717, 1.165) is 28.4 Å². The smallest absolute Gasteiger partial charge is 0.261 e. The van der Waals surface area contributed by atoms with Crippen LogP contribution in [0.15, 0.2) is 76.5 Å². The SMILES string of the molecule is CCn1c2ccccc2c2cc(NS(=O)(=O)c3ccc(S(=O)(=O)NC)cc3)ccc21. The van der Waals surface area contributed by atoms with Crippen molar-refractivity contribution in [1.29, 1.82) is 0 Å². The molecule has 0 amide bonds. The molecule has 0 aliphatic heterocycles. The molecule has 0 saturated carbocycles. The van der Waals surface area contributed by atoms with Gasteiger partial charge in [0.15, 0.2) is 0 Å². The standard InChI is InChI=1S/C21H21N3O4S2/c1-3-24-20-7-5-4-6-18(20)19-14-15(8-13-21(19)24)23-30(27,28)17-11-9-16(10-12-17)29(25,26)22-2/h4-14,22-23H,3H2,1-2H3. The summed E-state index contributed by atoms with van der Waals surface area (Å²) in [6, 6.07) is 18.5. The van der Waals surface area contributed by atoms with Gasteiger partial charge in [-0.3, -0.25) is 4.72 Å². The van der Waals surface area contributed by atoms with Gasteiger partial charge in [0.25, 0.3) is 10.0 Å². The van der Waals surface area contributed by atoms with Crippen molar-refractivity contribution in [3.63, 3.8) is 0 Å². The molecule has 4 rings (SSSR count). The highest BCUT2D eigenvalue weighted by atomic mass is 32.2. The van der Waals surface area contributed by atoms with Gasteiger partial charge < -0.3 is 4.57 Å². The van der Waals surface area contributed by atoms with Crippen LogP contribution in [0.2, 0.25) is 0 Å². The normalized spacial score (nSPS) is 12.5. The molecule has 30 heavy (non-hydrogen) atoms. The summed E-state index contributed by atoms with van der Waals surface area (Å²) in [5.41, 5.74) is 2.56. The van der Waals surface area contributed by atoms with Crippen molar-refractivity contribution < 1.29 is 16.8 Å². The fourth-order valence-corrected chi connectivity index (χ4v) is 5.37. The molecule has 0 aliphatic carbocycles. The molecule has 0 spiro atoms. The zero-order valence-electron chi connectivity index (χ0n) is 16.5. The van der Waals surface area contributed by atoms with Gasteiger partial charge in [-0.25, -0.2) is 21.6 Å². The summed E-state index contributed by atoms with van der Waals surface area (Å²) < 4.78 is 56.3. The summed E-state index contributed by atoms with van der Waals surface area (Å²) in [7, 11) is -6.21. The monoisotopic (exact) mass is 443 g/mol. The van der Waals surface area contributed by atoms with Crippen molar-refractivity contribution in [3.8, 4) is 0 Å². The van der Waals surface area contributed by atoms with Crippen LogP contribution in [0.5, 0.6) is 0 Å². The Labute approximate surface area is 175 Å². The minimum absolute atomic E-state index is 0.00209. The van der Waals surface area contributed by atoms with Crippen LogP contribution < -0.4 is 9.44 Å². The Morgan fingerprint density at radius 1 is 0.767 bits per heavy atom. The maximum atomic E-state index is 12.8. The van der Waals surface area contributed by atoms with Gasteiger partial charge >= 0.3 is 0 Å². The molecule has 1 aromatic heterocycles. The minimum atomic E-state index is -3.88. The number of aromatic nitrogens is 1. The number of fused-ring (bicyclic) bond motifs is 3. The number of sulfonamides is 2. The molecular weight excluding hydrogens is 422 g/mol. The van der Waals surface area contributed by atoms with E-state index in [2.05, 4.69) is 20.9 Å². The number of nitrogens with one attached hydrogen (secondary N) is 2. The number of rotatable bonds is 6. The zero-order valence-corrected chi connectivity index (χ0v) is 18.1. The van der Waals surface area contributed by atoms with Crippen molar-refractivity contribution in [3.05, 3.63) is 66.7 Å². The highest BCUT2D eigenvalue weighted by Gasteiger charge is 2.18. The second-order valence-corrected chi connectivity index (χ2v) is 10.3. The Kier molecular flexibility index (Phi) is 5.05. The number of aryl methyl sites for hydroxylation is 1. The second-order valence-electron chi connectivity index (χ2n) is 6.78. The molecule has 0 atom stereocenters. The van der Waals surface area contributed by atoms with Crippen molar-refractivity contribution >= 4 is 47.5 Å².